The standard InChI is InChI=1S/C9H8N8S2/c10-16-6-13-7(17-3-1-11-5-17)15-8(14-6)19-9-12-2-4-18-9/h1-5H,10H2,(H,13,14,15,16). The van der Waals surface area contributed by atoms with Crippen LogP contribution in [0.25, 0.3) is 5.95 Å². The van der Waals surface area contributed by atoms with Crippen LogP contribution in [-0.4, -0.2) is 29.5 Å². The molecule has 3 heterocycles. The molecule has 0 aliphatic carbocycles. The predicted molar refractivity (Wildman–Crippen MR) is 71.0 cm³/mol. The van der Waals surface area contributed by atoms with Crippen molar-refractivity contribution in [2.75, 3.05) is 5.43 Å². The molecule has 0 radical (unpaired) electrons. The van der Waals surface area contributed by atoms with E-state index in [1.165, 1.54) is 23.1 Å². The molecule has 0 fully saturated rings. The molecule has 10 heteroatoms. The van der Waals surface area contributed by atoms with E-state index in [0.717, 1.165) is 4.34 Å². The first-order valence-corrected chi connectivity index (χ1v) is 6.83. The first-order chi connectivity index (χ1) is 9.35. The van der Waals surface area contributed by atoms with Gasteiger partial charge in [-0.3, -0.25) is 9.99 Å². The molecule has 3 aromatic rings. The molecule has 0 aromatic carbocycles. The summed E-state index contributed by atoms with van der Waals surface area (Å²) in [6.45, 7) is 0. The van der Waals surface area contributed by atoms with Crippen molar-refractivity contribution < 1.29 is 0 Å². The molecule has 19 heavy (non-hydrogen) atoms. The minimum Gasteiger partial charge on any atom is -0.292 e. The van der Waals surface area contributed by atoms with Gasteiger partial charge in [0, 0.05) is 24.0 Å². The Morgan fingerprint density at radius 1 is 1.26 bits per heavy atom. The summed E-state index contributed by atoms with van der Waals surface area (Å²) in [6.07, 6.45) is 6.72. The molecule has 3 aromatic heterocycles. The maximum absolute atomic E-state index is 5.36. The number of imidazole rings is 1. The fourth-order valence-corrected chi connectivity index (χ4v) is 2.76. The van der Waals surface area contributed by atoms with Gasteiger partial charge in [0.15, 0.2) is 4.34 Å². The van der Waals surface area contributed by atoms with Crippen molar-refractivity contribution in [3.05, 3.63) is 30.3 Å². The maximum Gasteiger partial charge on any atom is 0.242 e. The van der Waals surface area contributed by atoms with E-state index in [1.54, 1.807) is 29.5 Å². The highest BCUT2D eigenvalue weighted by Gasteiger charge is 2.09. The van der Waals surface area contributed by atoms with Crippen molar-refractivity contribution in [3.8, 4) is 5.95 Å². The van der Waals surface area contributed by atoms with Crippen LogP contribution in [0.15, 0.2) is 39.8 Å². The van der Waals surface area contributed by atoms with E-state index in [2.05, 4.69) is 30.3 Å². The Balaban J connectivity index is 1.98. The molecular weight excluding hydrogens is 284 g/mol. The summed E-state index contributed by atoms with van der Waals surface area (Å²) in [7, 11) is 0. The van der Waals surface area contributed by atoms with Gasteiger partial charge in [-0.15, -0.1) is 11.3 Å². The van der Waals surface area contributed by atoms with Crippen LogP contribution in [0, 0.1) is 0 Å². The summed E-state index contributed by atoms with van der Waals surface area (Å²) in [5.41, 5.74) is 2.42. The molecule has 0 unspecified atom stereocenters. The van der Waals surface area contributed by atoms with E-state index in [9.17, 15) is 0 Å². The predicted octanol–water partition coefficient (Wildman–Crippen LogP) is 0.951. The Labute approximate surface area is 116 Å². The van der Waals surface area contributed by atoms with E-state index in [-0.39, 0.29) is 5.95 Å². The van der Waals surface area contributed by atoms with E-state index in [4.69, 9.17) is 5.84 Å². The zero-order valence-electron chi connectivity index (χ0n) is 9.46. The number of hydrogen-bond acceptors (Lipinski definition) is 9. The molecule has 0 saturated carbocycles. The van der Waals surface area contributed by atoms with Gasteiger partial charge in [-0.1, -0.05) is 0 Å². The minimum atomic E-state index is 0.290. The lowest BCUT2D eigenvalue weighted by molar-refractivity contribution is 0.824. The Hall–Kier alpha value is -2.04. The molecule has 0 atom stereocenters. The monoisotopic (exact) mass is 292 g/mol. The van der Waals surface area contributed by atoms with Crippen molar-refractivity contribution in [2.24, 2.45) is 5.84 Å². The molecule has 0 amide bonds. The Bertz CT molecular complexity index is 651. The van der Waals surface area contributed by atoms with Gasteiger partial charge in [0.1, 0.15) is 6.33 Å². The number of nitrogen functional groups attached to an aromatic ring is 1. The molecule has 0 aliphatic heterocycles. The van der Waals surface area contributed by atoms with Crippen LogP contribution in [0.5, 0.6) is 0 Å². The number of nitrogens with zero attached hydrogens (tertiary/aromatic N) is 6. The fraction of sp³-hybridized carbons (Fsp3) is 0. The summed E-state index contributed by atoms with van der Waals surface area (Å²) in [4.78, 5) is 20.8. The third-order valence-corrected chi connectivity index (χ3v) is 3.80. The van der Waals surface area contributed by atoms with E-state index in [0.29, 0.717) is 11.1 Å². The molecular formula is C9H8N8S2. The average molecular weight is 292 g/mol. The molecule has 0 aliphatic rings. The minimum absolute atomic E-state index is 0.290. The van der Waals surface area contributed by atoms with Gasteiger partial charge in [0.2, 0.25) is 17.1 Å². The topological polar surface area (TPSA) is 107 Å². The third-order valence-electron chi connectivity index (χ3n) is 2.06. The number of hydrogen-bond donors (Lipinski definition) is 2. The summed E-state index contributed by atoms with van der Waals surface area (Å²) < 4.78 is 2.53. The van der Waals surface area contributed by atoms with E-state index >= 15 is 0 Å². The van der Waals surface area contributed by atoms with E-state index < -0.39 is 0 Å². The highest BCUT2D eigenvalue weighted by molar-refractivity contribution is 8.00. The van der Waals surface area contributed by atoms with Crippen LogP contribution in [0.4, 0.5) is 5.95 Å². The Morgan fingerprint density at radius 3 is 2.89 bits per heavy atom. The van der Waals surface area contributed by atoms with Crippen LogP contribution < -0.4 is 11.3 Å². The van der Waals surface area contributed by atoms with Gasteiger partial charge in [-0.05, 0) is 11.8 Å². The summed E-state index contributed by atoms with van der Waals surface area (Å²) >= 11 is 2.87. The Morgan fingerprint density at radius 2 is 2.21 bits per heavy atom. The number of aromatic nitrogens is 6. The van der Waals surface area contributed by atoms with E-state index in [1.807, 2.05) is 5.38 Å². The molecule has 3 rings (SSSR count). The second-order valence-electron chi connectivity index (χ2n) is 3.26. The highest BCUT2D eigenvalue weighted by Crippen LogP contribution is 2.27. The van der Waals surface area contributed by atoms with Crippen LogP contribution in [0.3, 0.4) is 0 Å². The lowest BCUT2D eigenvalue weighted by Crippen LogP contribution is -2.13. The third kappa shape index (κ3) is 2.70. The van der Waals surface area contributed by atoms with Crippen molar-refractivity contribution >= 4 is 29.0 Å². The fourth-order valence-electron chi connectivity index (χ4n) is 1.29. The van der Waals surface area contributed by atoms with Gasteiger partial charge in [-0.2, -0.15) is 15.0 Å². The number of hydrazine groups is 1. The van der Waals surface area contributed by atoms with Crippen LogP contribution in [-0.2, 0) is 0 Å². The van der Waals surface area contributed by atoms with Crippen LogP contribution in [0.2, 0.25) is 0 Å². The highest BCUT2D eigenvalue weighted by atomic mass is 32.2. The largest absolute Gasteiger partial charge is 0.292 e. The second-order valence-corrected chi connectivity index (χ2v) is 5.36. The summed E-state index contributed by atoms with van der Waals surface area (Å²) in [5, 5.41) is 2.41. The van der Waals surface area contributed by atoms with Crippen molar-refractivity contribution in [1.29, 1.82) is 0 Å². The molecule has 0 saturated heterocycles. The number of thiazole rings is 1. The second kappa shape index (κ2) is 5.30. The molecule has 8 nitrogen and oxygen atoms in total. The number of anilines is 1. The van der Waals surface area contributed by atoms with Crippen LogP contribution in [0.1, 0.15) is 0 Å². The maximum atomic E-state index is 5.36. The molecule has 96 valence electrons. The number of rotatable bonds is 4. The normalized spacial score (nSPS) is 10.6. The summed E-state index contributed by atoms with van der Waals surface area (Å²) in [5.74, 6) is 6.10. The average Bonchev–Trinajstić information content (AvgIpc) is 3.11. The zero-order chi connectivity index (χ0) is 13.1. The quantitative estimate of drug-likeness (QED) is 0.540. The van der Waals surface area contributed by atoms with Crippen molar-refractivity contribution in [1.82, 2.24) is 29.5 Å². The van der Waals surface area contributed by atoms with Gasteiger partial charge < -0.3 is 0 Å². The summed E-state index contributed by atoms with van der Waals surface area (Å²) in [6, 6.07) is 0. The SMILES string of the molecule is NNc1nc(Sc2nccs2)nc(-n2ccnc2)n1. The Kier molecular flexibility index (Phi) is 3.35. The number of nitrogens with two attached hydrogens (primary N) is 1. The van der Waals surface area contributed by atoms with Gasteiger partial charge in [0.05, 0.1) is 0 Å². The lowest BCUT2D eigenvalue weighted by atomic mass is 10.8. The smallest absolute Gasteiger partial charge is 0.242 e. The van der Waals surface area contributed by atoms with Crippen molar-refractivity contribution in [3.63, 3.8) is 0 Å². The number of nitrogens with one attached hydrogen (secondary N) is 1. The van der Waals surface area contributed by atoms with Gasteiger partial charge >= 0.3 is 0 Å². The zero-order valence-corrected chi connectivity index (χ0v) is 11.1. The van der Waals surface area contributed by atoms with Gasteiger partial charge in [-0.25, -0.2) is 15.8 Å². The molecule has 3 N–H and O–H groups in total. The molecule has 0 spiro atoms. The lowest BCUT2D eigenvalue weighted by Gasteiger charge is -2.05. The molecule has 0 bridgehead atoms. The first-order valence-electron chi connectivity index (χ1n) is 5.13. The van der Waals surface area contributed by atoms with Crippen LogP contribution >= 0.6 is 23.1 Å². The van der Waals surface area contributed by atoms with Gasteiger partial charge in [0.25, 0.3) is 0 Å². The van der Waals surface area contributed by atoms with Crippen molar-refractivity contribution in [2.45, 2.75) is 9.50 Å². The first kappa shape index (κ1) is 12.0.